The molecule has 0 unspecified atom stereocenters. The van der Waals surface area contributed by atoms with Crippen molar-refractivity contribution < 1.29 is 9.90 Å². The van der Waals surface area contributed by atoms with Crippen molar-refractivity contribution in [1.29, 1.82) is 0 Å². The zero-order valence-corrected chi connectivity index (χ0v) is 12.2. The summed E-state index contributed by atoms with van der Waals surface area (Å²) < 4.78 is 1.33. The Hall–Kier alpha value is -2.80. The first kappa shape index (κ1) is 14.2. The number of carbonyl (C=O) groups is 1. The minimum absolute atomic E-state index is 0.202. The van der Waals surface area contributed by atoms with Crippen LogP contribution in [-0.2, 0) is 11.2 Å². The Kier molecular flexibility index (Phi) is 3.80. The number of carboxylic acids is 1. The van der Waals surface area contributed by atoms with E-state index in [0.717, 1.165) is 5.56 Å². The number of carboxylic acid groups (broad SMARTS) is 1. The van der Waals surface area contributed by atoms with Gasteiger partial charge in [-0.05, 0) is 17.7 Å². The number of pyridine rings is 1. The van der Waals surface area contributed by atoms with Gasteiger partial charge in [-0.15, -0.1) is 11.3 Å². The molecule has 0 amide bonds. The van der Waals surface area contributed by atoms with Crippen molar-refractivity contribution in [3.8, 4) is 0 Å². The second-order valence-corrected chi connectivity index (χ2v) is 5.39. The number of nitrogens with zero attached hydrogens (tertiary/aromatic N) is 3. The summed E-state index contributed by atoms with van der Waals surface area (Å²) in [7, 11) is 0. The van der Waals surface area contributed by atoms with Crippen LogP contribution in [0.2, 0.25) is 0 Å². The van der Waals surface area contributed by atoms with Gasteiger partial charge in [-0.3, -0.25) is 19.0 Å². The Balaban J connectivity index is 1.98. The molecule has 110 valence electrons. The van der Waals surface area contributed by atoms with E-state index in [4.69, 9.17) is 5.11 Å². The topological polar surface area (TPSA) is 84.6 Å². The third-order valence-corrected chi connectivity index (χ3v) is 3.83. The monoisotopic (exact) mass is 313 g/mol. The summed E-state index contributed by atoms with van der Waals surface area (Å²) in [6.45, 7) is 0. The Morgan fingerprint density at radius 3 is 3.00 bits per heavy atom. The van der Waals surface area contributed by atoms with E-state index in [0.29, 0.717) is 16.3 Å². The lowest BCUT2D eigenvalue weighted by atomic mass is 10.2. The van der Waals surface area contributed by atoms with Gasteiger partial charge in [0.15, 0.2) is 4.96 Å². The molecule has 6 nitrogen and oxygen atoms in total. The highest BCUT2D eigenvalue weighted by Gasteiger charge is 2.10. The van der Waals surface area contributed by atoms with Crippen LogP contribution in [0.1, 0.15) is 17.0 Å². The Bertz CT molecular complexity index is 913. The molecule has 1 N–H and O–H groups in total. The molecular weight excluding hydrogens is 302 g/mol. The number of fused-ring (bicyclic) bond motifs is 1. The summed E-state index contributed by atoms with van der Waals surface area (Å²) in [4.78, 5) is 31.8. The normalized spacial score (nSPS) is 11.3. The molecule has 0 saturated carbocycles. The van der Waals surface area contributed by atoms with Gasteiger partial charge in [0.1, 0.15) is 0 Å². The molecule has 3 rings (SSSR count). The first-order valence-corrected chi connectivity index (χ1v) is 7.31. The van der Waals surface area contributed by atoms with Gasteiger partial charge in [-0.1, -0.05) is 12.1 Å². The van der Waals surface area contributed by atoms with Gasteiger partial charge in [0.05, 0.1) is 12.1 Å². The van der Waals surface area contributed by atoms with E-state index in [9.17, 15) is 9.59 Å². The van der Waals surface area contributed by atoms with E-state index in [1.807, 2.05) is 18.2 Å². The summed E-state index contributed by atoms with van der Waals surface area (Å²) in [5, 5.41) is 10.5. The largest absolute Gasteiger partial charge is 0.481 e. The number of rotatable bonds is 4. The third-order valence-electron chi connectivity index (χ3n) is 2.96. The van der Waals surface area contributed by atoms with Crippen LogP contribution < -0.4 is 5.56 Å². The minimum Gasteiger partial charge on any atom is -0.481 e. The molecule has 3 aromatic heterocycles. The average molecular weight is 313 g/mol. The predicted molar refractivity (Wildman–Crippen MR) is 83.8 cm³/mol. The molecule has 3 heterocycles. The summed E-state index contributed by atoms with van der Waals surface area (Å²) >= 11 is 1.25. The summed E-state index contributed by atoms with van der Waals surface area (Å²) in [5.74, 6) is -0.979. The molecule has 3 aromatic rings. The van der Waals surface area contributed by atoms with E-state index in [-0.39, 0.29) is 12.0 Å². The number of aromatic nitrogens is 3. The Morgan fingerprint density at radius 2 is 2.27 bits per heavy atom. The smallest absolute Gasteiger partial charge is 0.309 e. The highest BCUT2D eigenvalue weighted by atomic mass is 32.1. The molecule has 0 aliphatic rings. The molecule has 0 fully saturated rings. The van der Waals surface area contributed by atoms with Crippen molar-refractivity contribution in [1.82, 2.24) is 14.4 Å². The molecule has 0 atom stereocenters. The van der Waals surface area contributed by atoms with Crippen LogP contribution in [0.3, 0.4) is 0 Å². The molecular formula is C15H11N3O3S. The van der Waals surface area contributed by atoms with Crippen LogP contribution in [0.15, 0.2) is 40.8 Å². The van der Waals surface area contributed by atoms with Crippen LogP contribution in [0.4, 0.5) is 0 Å². The molecule has 0 aromatic carbocycles. The second kappa shape index (κ2) is 5.90. The fraction of sp³-hybridized carbons (Fsp3) is 0.0667. The summed E-state index contributed by atoms with van der Waals surface area (Å²) in [6.07, 6.45) is 6.74. The fourth-order valence-electron chi connectivity index (χ4n) is 2.01. The second-order valence-electron chi connectivity index (χ2n) is 4.55. The number of thiazole rings is 1. The van der Waals surface area contributed by atoms with Gasteiger partial charge in [0, 0.05) is 29.5 Å². The van der Waals surface area contributed by atoms with Crippen LogP contribution in [0.25, 0.3) is 17.1 Å². The maximum atomic E-state index is 12.2. The first-order chi connectivity index (χ1) is 10.6. The van der Waals surface area contributed by atoms with Crippen LogP contribution >= 0.6 is 11.3 Å². The van der Waals surface area contributed by atoms with E-state index >= 15 is 0 Å². The standard InChI is InChI=1S/C15H11N3O3S/c19-13-6-11(4-3-10-2-1-5-16-8-10)17-15-18(13)12(9-22-15)7-14(20)21/h1-6,8-9H,7H2,(H,20,21). The number of hydrogen-bond acceptors (Lipinski definition) is 5. The van der Waals surface area contributed by atoms with Crippen molar-refractivity contribution in [3.63, 3.8) is 0 Å². The van der Waals surface area contributed by atoms with E-state index in [1.165, 1.54) is 21.8 Å². The number of aliphatic carboxylic acids is 1. The Morgan fingerprint density at radius 1 is 1.41 bits per heavy atom. The zero-order valence-electron chi connectivity index (χ0n) is 11.3. The zero-order chi connectivity index (χ0) is 15.5. The van der Waals surface area contributed by atoms with Crippen LogP contribution in [0, 0.1) is 0 Å². The minimum atomic E-state index is -0.979. The highest BCUT2D eigenvalue weighted by molar-refractivity contribution is 7.15. The third kappa shape index (κ3) is 2.94. The Labute approximate surface area is 129 Å². The van der Waals surface area contributed by atoms with Gasteiger partial charge in [0.2, 0.25) is 0 Å². The van der Waals surface area contributed by atoms with Gasteiger partial charge >= 0.3 is 5.97 Å². The van der Waals surface area contributed by atoms with Crippen molar-refractivity contribution in [2.45, 2.75) is 6.42 Å². The van der Waals surface area contributed by atoms with Crippen LogP contribution in [0.5, 0.6) is 0 Å². The molecule has 7 heteroatoms. The lowest BCUT2D eigenvalue weighted by Gasteiger charge is -1.99. The van der Waals surface area contributed by atoms with Crippen LogP contribution in [-0.4, -0.2) is 25.4 Å². The van der Waals surface area contributed by atoms with E-state index < -0.39 is 5.97 Å². The van der Waals surface area contributed by atoms with E-state index in [2.05, 4.69) is 9.97 Å². The molecule has 0 aliphatic heterocycles. The maximum absolute atomic E-state index is 12.2. The van der Waals surface area contributed by atoms with Gasteiger partial charge in [-0.2, -0.15) is 0 Å². The first-order valence-electron chi connectivity index (χ1n) is 6.43. The lowest BCUT2D eigenvalue weighted by molar-refractivity contribution is -0.136. The average Bonchev–Trinajstić information content (AvgIpc) is 2.89. The van der Waals surface area contributed by atoms with Crippen molar-refractivity contribution >= 4 is 34.4 Å². The lowest BCUT2D eigenvalue weighted by Crippen LogP contribution is -2.17. The quantitative estimate of drug-likeness (QED) is 0.796. The highest BCUT2D eigenvalue weighted by Crippen LogP contribution is 2.14. The summed E-state index contributed by atoms with van der Waals surface area (Å²) in [5.41, 5.74) is 1.58. The van der Waals surface area contributed by atoms with Gasteiger partial charge in [-0.25, -0.2) is 4.98 Å². The van der Waals surface area contributed by atoms with E-state index in [1.54, 1.807) is 23.8 Å². The number of hydrogen-bond donors (Lipinski definition) is 1. The molecule has 0 aliphatic carbocycles. The van der Waals surface area contributed by atoms with Gasteiger partial charge < -0.3 is 5.11 Å². The molecule has 0 spiro atoms. The van der Waals surface area contributed by atoms with Crippen molar-refractivity contribution in [2.75, 3.05) is 0 Å². The van der Waals surface area contributed by atoms with Crippen molar-refractivity contribution in [2.24, 2.45) is 0 Å². The maximum Gasteiger partial charge on any atom is 0.309 e. The molecule has 22 heavy (non-hydrogen) atoms. The molecule has 0 bridgehead atoms. The van der Waals surface area contributed by atoms with Crippen molar-refractivity contribution in [3.05, 3.63) is 63.3 Å². The predicted octanol–water partition coefficient (Wildman–Crippen LogP) is 1.95. The SMILES string of the molecule is O=C(O)Cc1csc2nc(C=Cc3cccnc3)cc(=O)n12. The fourth-order valence-corrected chi connectivity index (χ4v) is 2.91. The van der Waals surface area contributed by atoms with Gasteiger partial charge in [0.25, 0.3) is 5.56 Å². The molecule has 0 radical (unpaired) electrons. The molecule has 0 saturated heterocycles. The summed E-state index contributed by atoms with van der Waals surface area (Å²) in [6, 6.07) is 5.10.